The van der Waals surface area contributed by atoms with Crippen LogP contribution in [0.2, 0.25) is 10.0 Å². The number of sulfonamides is 1. The van der Waals surface area contributed by atoms with E-state index in [0.29, 0.717) is 5.02 Å². The Balaban J connectivity index is 2.25. The number of rotatable bonds is 4. The zero-order chi connectivity index (χ0) is 14.8. The molecule has 4 nitrogen and oxygen atoms in total. The third kappa shape index (κ3) is 3.49. The highest BCUT2D eigenvalue weighted by Gasteiger charge is 2.19. The molecule has 106 valence electrons. The molecule has 0 aliphatic rings. The molecule has 0 bridgehead atoms. The van der Waals surface area contributed by atoms with Gasteiger partial charge in [-0.3, -0.25) is 4.98 Å². The van der Waals surface area contributed by atoms with Crippen LogP contribution in [0.1, 0.15) is 18.5 Å². The van der Waals surface area contributed by atoms with Crippen LogP contribution in [0.15, 0.2) is 47.6 Å². The summed E-state index contributed by atoms with van der Waals surface area (Å²) in [7, 11) is -3.67. The summed E-state index contributed by atoms with van der Waals surface area (Å²) in [5.41, 5.74) is 0.774. The Labute approximate surface area is 127 Å². The van der Waals surface area contributed by atoms with E-state index in [9.17, 15) is 8.42 Å². The van der Waals surface area contributed by atoms with Gasteiger partial charge in [0, 0.05) is 18.4 Å². The second kappa shape index (κ2) is 6.10. The lowest BCUT2D eigenvalue weighted by Gasteiger charge is -2.14. The summed E-state index contributed by atoms with van der Waals surface area (Å²) in [4.78, 5) is 4.03. The third-order valence-corrected chi connectivity index (χ3v) is 5.00. The molecule has 2 rings (SSSR count). The van der Waals surface area contributed by atoms with Crippen LogP contribution in [0.5, 0.6) is 0 Å². The van der Waals surface area contributed by atoms with E-state index in [1.165, 1.54) is 18.2 Å². The number of benzene rings is 1. The molecule has 1 atom stereocenters. The van der Waals surface area contributed by atoms with Gasteiger partial charge in [0.15, 0.2) is 0 Å². The molecule has 0 amide bonds. The topological polar surface area (TPSA) is 59.1 Å². The fourth-order valence-electron chi connectivity index (χ4n) is 1.64. The molecule has 0 saturated heterocycles. The number of pyridine rings is 1. The number of hydrogen-bond donors (Lipinski definition) is 1. The highest BCUT2D eigenvalue weighted by atomic mass is 35.5. The van der Waals surface area contributed by atoms with E-state index >= 15 is 0 Å². The maximum absolute atomic E-state index is 12.2. The Kier molecular flexibility index (Phi) is 4.65. The molecule has 20 heavy (non-hydrogen) atoms. The smallest absolute Gasteiger partial charge is 0.241 e. The Morgan fingerprint density at radius 1 is 1.20 bits per heavy atom. The molecule has 1 aromatic heterocycles. The van der Waals surface area contributed by atoms with E-state index in [-0.39, 0.29) is 9.92 Å². The normalized spacial score (nSPS) is 13.2. The first kappa shape index (κ1) is 15.3. The Morgan fingerprint density at radius 2 is 1.95 bits per heavy atom. The summed E-state index contributed by atoms with van der Waals surface area (Å²) in [6, 6.07) is 7.33. The minimum atomic E-state index is -3.67. The lowest BCUT2D eigenvalue weighted by Crippen LogP contribution is -2.26. The average Bonchev–Trinajstić information content (AvgIpc) is 2.42. The van der Waals surface area contributed by atoms with Crippen molar-refractivity contribution in [2.75, 3.05) is 0 Å². The van der Waals surface area contributed by atoms with E-state index in [4.69, 9.17) is 23.2 Å². The predicted octanol–water partition coefficient (Wildman–Crippen LogP) is 3.43. The maximum atomic E-state index is 12.2. The molecular formula is C13H12Cl2N2O2S. The van der Waals surface area contributed by atoms with Crippen molar-refractivity contribution in [1.82, 2.24) is 9.71 Å². The van der Waals surface area contributed by atoms with E-state index in [1.807, 2.05) is 0 Å². The van der Waals surface area contributed by atoms with Crippen LogP contribution in [-0.4, -0.2) is 13.4 Å². The molecular weight excluding hydrogens is 319 g/mol. The molecule has 7 heteroatoms. The molecule has 0 aliphatic carbocycles. The number of nitrogens with one attached hydrogen (secondary N) is 1. The molecule has 0 fully saturated rings. The van der Waals surface area contributed by atoms with Crippen molar-refractivity contribution in [1.29, 1.82) is 0 Å². The summed E-state index contributed by atoms with van der Waals surface area (Å²) in [5, 5.41) is 0.509. The zero-order valence-electron chi connectivity index (χ0n) is 10.5. The predicted molar refractivity (Wildman–Crippen MR) is 79.4 cm³/mol. The van der Waals surface area contributed by atoms with Crippen LogP contribution in [0.4, 0.5) is 0 Å². The fraction of sp³-hybridized carbons (Fsp3) is 0.154. The number of halogens is 2. The Hall–Kier alpha value is -1.14. The minimum Gasteiger partial charge on any atom is -0.264 e. The van der Waals surface area contributed by atoms with Crippen LogP contribution < -0.4 is 4.72 Å². The standard InChI is InChI=1S/C13H12Cl2N2O2S/c1-9(10-3-2-6-16-8-10)17-20(18,19)11-4-5-12(14)13(15)7-11/h2-9,17H,1H3. The van der Waals surface area contributed by atoms with Gasteiger partial charge in [-0.05, 0) is 36.8 Å². The van der Waals surface area contributed by atoms with Crippen molar-refractivity contribution < 1.29 is 8.42 Å². The van der Waals surface area contributed by atoms with Crippen LogP contribution in [0, 0.1) is 0 Å². The van der Waals surface area contributed by atoms with Crippen molar-refractivity contribution in [3.8, 4) is 0 Å². The first-order chi connectivity index (χ1) is 9.40. The monoisotopic (exact) mass is 330 g/mol. The van der Waals surface area contributed by atoms with Gasteiger partial charge in [0.1, 0.15) is 0 Å². The van der Waals surface area contributed by atoms with Gasteiger partial charge in [-0.25, -0.2) is 13.1 Å². The van der Waals surface area contributed by atoms with Crippen molar-refractivity contribution in [3.63, 3.8) is 0 Å². The summed E-state index contributed by atoms with van der Waals surface area (Å²) in [6.07, 6.45) is 3.24. The molecule has 1 unspecified atom stereocenters. The van der Waals surface area contributed by atoms with Gasteiger partial charge in [-0.15, -0.1) is 0 Å². The molecule has 1 aromatic carbocycles. The molecule has 0 aliphatic heterocycles. The van der Waals surface area contributed by atoms with Gasteiger partial charge < -0.3 is 0 Å². The number of hydrogen-bond acceptors (Lipinski definition) is 3. The first-order valence-corrected chi connectivity index (χ1v) is 8.01. The quantitative estimate of drug-likeness (QED) is 0.934. The van der Waals surface area contributed by atoms with Crippen molar-refractivity contribution in [3.05, 3.63) is 58.3 Å². The fourth-order valence-corrected chi connectivity index (χ4v) is 3.27. The summed E-state index contributed by atoms with van der Waals surface area (Å²) >= 11 is 11.6. The number of aromatic nitrogens is 1. The second-order valence-electron chi connectivity index (χ2n) is 4.21. The minimum absolute atomic E-state index is 0.0719. The second-order valence-corrected chi connectivity index (χ2v) is 6.73. The molecule has 2 aromatic rings. The lowest BCUT2D eigenvalue weighted by atomic mass is 10.2. The summed E-state index contributed by atoms with van der Waals surface area (Å²) in [6.45, 7) is 1.74. The summed E-state index contributed by atoms with van der Waals surface area (Å²) < 4.78 is 27.1. The SMILES string of the molecule is CC(NS(=O)(=O)c1ccc(Cl)c(Cl)c1)c1cccnc1. The van der Waals surface area contributed by atoms with Crippen molar-refractivity contribution in [2.24, 2.45) is 0 Å². The average molecular weight is 331 g/mol. The first-order valence-electron chi connectivity index (χ1n) is 5.77. The van der Waals surface area contributed by atoms with Gasteiger partial charge in [0.2, 0.25) is 10.0 Å². The van der Waals surface area contributed by atoms with E-state index < -0.39 is 16.1 Å². The van der Waals surface area contributed by atoms with Gasteiger partial charge in [-0.1, -0.05) is 29.3 Å². The zero-order valence-corrected chi connectivity index (χ0v) is 12.9. The highest BCUT2D eigenvalue weighted by molar-refractivity contribution is 7.89. The van der Waals surface area contributed by atoms with Crippen molar-refractivity contribution in [2.45, 2.75) is 17.9 Å². The van der Waals surface area contributed by atoms with Crippen molar-refractivity contribution >= 4 is 33.2 Å². The van der Waals surface area contributed by atoms with Gasteiger partial charge in [-0.2, -0.15) is 0 Å². The van der Waals surface area contributed by atoms with E-state index in [0.717, 1.165) is 5.56 Å². The lowest BCUT2D eigenvalue weighted by molar-refractivity contribution is 0.566. The Bertz CT molecular complexity index is 706. The molecule has 0 saturated carbocycles. The number of nitrogens with zero attached hydrogens (tertiary/aromatic N) is 1. The van der Waals surface area contributed by atoms with Crippen LogP contribution in [0.25, 0.3) is 0 Å². The van der Waals surface area contributed by atoms with Crippen LogP contribution in [-0.2, 0) is 10.0 Å². The maximum Gasteiger partial charge on any atom is 0.241 e. The van der Waals surface area contributed by atoms with Crippen LogP contribution in [0.3, 0.4) is 0 Å². The summed E-state index contributed by atoms with van der Waals surface area (Å²) in [5.74, 6) is 0. The van der Waals surface area contributed by atoms with E-state index in [2.05, 4.69) is 9.71 Å². The van der Waals surface area contributed by atoms with Gasteiger partial charge in [0.05, 0.1) is 14.9 Å². The van der Waals surface area contributed by atoms with Gasteiger partial charge >= 0.3 is 0 Å². The van der Waals surface area contributed by atoms with Crippen LogP contribution >= 0.6 is 23.2 Å². The van der Waals surface area contributed by atoms with Gasteiger partial charge in [0.25, 0.3) is 0 Å². The molecule has 0 spiro atoms. The third-order valence-electron chi connectivity index (χ3n) is 2.72. The molecule has 1 heterocycles. The molecule has 1 N–H and O–H groups in total. The largest absolute Gasteiger partial charge is 0.264 e. The van der Waals surface area contributed by atoms with E-state index in [1.54, 1.807) is 31.5 Å². The highest BCUT2D eigenvalue weighted by Crippen LogP contribution is 2.25. The molecule has 0 radical (unpaired) electrons. The Morgan fingerprint density at radius 3 is 2.55 bits per heavy atom.